The lowest BCUT2D eigenvalue weighted by molar-refractivity contribution is 0.310. The van der Waals surface area contributed by atoms with E-state index in [1.807, 2.05) is 39.0 Å². The fraction of sp³-hybridized carbons (Fsp3) is 0.500. The van der Waals surface area contributed by atoms with Crippen LogP contribution in [0.1, 0.15) is 32.3 Å². The zero-order chi connectivity index (χ0) is 14.3. The van der Waals surface area contributed by atoms with E-state index in [0.717, 1.165) is 18.4 Å². The molecule has 1 aromatic rings. The molecule has 1 aromatic carbocycles. The van der Waals surface area contributed by atoms with Crippen LogP contribution in [0.2, 0.25) is 0 Å². The van der Waals surface area contributed by atoms with Gasteiger partial charge in [-0.25, -0.2) is 8.42 Å². The highest BCUT2D eigenvalue weighted by Gasteiger charge is 2.48. The molecule has 104 valence electrons. The first-order valence-corrected chi connectivity index (χ1v) is 8.28. The van der Waals surface area contributed by atoms with Crippen LogP contribution in [0.3, 0.4) is 0 Å². The second-order valence-electron chi connectivity index (χ2n) is 6.09. The predicted octanol–water partition coefficient (Wildman–Crippen LogP) is 3.76. The van der Waals surface area contributed by atoms with E-state index >= 15 is 0 Å². The molecule has 0 aromatic heterocycles. The molecule has 2 atom stereocenters. The van der Waals surface area contributed by atoms with Gasteiger partial charge in [-0.2, -0.15) is 0 Å². The summed E-state index contributed by atoms with van der Waals surface area (Å²) in [6, 6.07) is 7.17. The molecule has 0 aliphatic heterocycles. The zero-order valence-electron chi connectivity index (χ0n) is 11.9. The first-order valence-electron chi connectivity index (χ1n) is 6.73. The zero-order valence-corrected chi connectivity index (χ0v) is 12.7. The van der Waals surface area contributed by atoms with Crippen molar-refractivity contribution in [2.75, 3.05) is 0 Å². The average molecular weight is 278 g/mol. The third-order valence-corrected chi connectivity index (χ3v) is 7.06. The Labute approximate surface area is 116 Å². The quantitative estimate of drug-likeness (QED) is 0.789. The van der Waals surface area contributed by atoms with Crippen LogP contribution < -0.4 is 0 Å². The van der Waals surface area contributed by atoms with Crippen LogP contribution in [-0.4, -0.2) is 13.7 Å². The van der Waals surface area contributed by atoms with Gasteiger partial charge in [0, 0.05) is 0 Å². The third kappa shape index (κ3) is 2.36. The minimum Gasteiger partial charge on any atom is -0.223 e. The molecule has 0 spiro atoms. The van der Waals surface area contributed by atoms with Gasteiger partial charge in [0.05, 0.1) is 10.1 Å². The summed E-state index contributed by atoms with van der Waals surface area (Å²) in [4.78, 5) is 0.445. The number of sulfone groups is 1. The molecule has 0 N–H and O–H groups in total. The van der Waals surface area contributed by atoms with E-state index in [1.165, 1.54) is 0 Å². The first kappa shape index (κ1) is 14.3. The fourth-order valence-corrected chi connectivity index (χ4v) is 5.45. The van der Waals surface area contributed by atoms with Crippen LogP contribution in [0.5, 0.6) is 0 Å². The largest absolute Gasteiger partial charge is 0.223 e. The van der Waals surface area contributed by atoms with E-state index in [2.05, 4.69) is 6.58 Å². The Bertz CT molecular complexity index is 567. The number of allylic oxidation sites excluding steroid dienone is 1. The molecule has 1 aliphatic carbocycles. The summed E-state index contributed by atoms with van der Waals surface area (Å²) in [6.07, 6.45) is 3.54. The van der Waals surface area contributed by atoms with Crippen LogP contribution in [0, 0.1) is 18.3 Å². The molecule has 0 radical (unpaired) electrons. The van der Waals surface area contributed by atoms with Gasteiger partial charge in [0.1, 0.15) is 0 Å². The highest BCUT2D eigenvalue weighted by molar-refractivity contribution is 7.92. The maximum Gasteiger partial charge on any atom is 0.181 e. The number of benzene rings is 1. The SMILES string of the molecule is C=CC1CCC(S(=O)(=O)c2ccc(C)cc2)C1(C)C. The number of hydrogen-bond donors (Lipinski definition) is 0. The second-order valence-corrected chi connectivity index (χ2v) is 8.22. The first-order chi connectivity index (χ1) is 8.80. The van der Waals surface area contributed by atoms with Crippen LogP contribution in [0.15, 0.2) is 41.8 Å². The Hall–Kier alpha value is -1.09. The molecule has 1 fully saturated rings. The van der Waals surface area contributed by atoms with Crippen LogP contribution in [-0.2, 0) is 9.84 Å². The normalized spacial score (nSPS) is 26.3. The van der Waals surface area contributed by atoms with Crippen molar-refractivity contribution in [2.24, 2.45) is 11.3 Å². The summed E-state index contributed by atoms with van der Waals surface area (Å²) < 4.78 is 25.6. The monoisotopic (exact) mass is 278 g/mol. The van der Waals surface area contributed by atoms with Crippen molar-refractivity contribution in [3.05, 3.63) is 42.5 Å². The van der Waals surface area contributed by atoms with E-state index in [1.54, 1.807) is 12.1 Å². The number of rotatable bonds is 3. The van der Waals surface area contributed by atoms with E-state index in [4.69, 9.17) is 0 Å². The van der Waals surface area contributed by atoms with E-state index < -0.39 is 9.84 Å². The summed E-state index contributed by atoms with van der Waals surface area (Å²) in [6.45, 7) is 9.90. The summed E-state index contributed by atoms with van der Waals surface area (Å²) in [7, 11) is -3.25. The minimum absolute atomic E-state index is 0.245. The lowest BCUT2D eigenvalue weighted by Crippen LogP contribution is -2.35. The highest BCUT2D eigenvalue weighted by atomic mass is 32.2. The summed E-state index contributed by atoms with van der Waals surface area (Å²) in [5, 5.41) is -0.314. The van der Waals surface area contributed by atoms with Gasteiger partial charge < -0.3 is 0 Å². The summed E-state index contributed by atoms with van der Waals surface area (Å²) in [5.41, 5.74) is 0.833. The van der Waals surface area contributed by atoms with Gasteiger partial charge >= 0.3 is 0 Å². The standard InChI is InChI=1S/C16H22O2S/c1-5-13-8-11-15(16(13,3)4)19(17,18)14-9-6-12(2)7-10-14/h5-7,9-10,13,15H,1,8,11H2,2-4H3. The lowest BCUT2D eigenvalue weighted by atomic mass is 9.82. The molecule has 1 saturated carbocycles. The van der Waals surface area contributed by atoms with Crippen molar-refractivity contribution in [1.82, 2.24) is 0 Å². The summed E-state index contributed by atoms with van der Waals surface area (Å²) in [5.74, 6) is 0.276. The number of aryl methyl sites for hydroxylation is 1. The maximum atomic E-state index is 12.8. The molecule has 2 nitrogen and oxygen atoms in total. The Morgan fingerprint density at radius 2 is 1.79 bits per heavy atom. The molecular weight excluding hydrogens is 256 g/mol. The van der Waals surface area contributed by atoms with Crippen molar-refractivity contribution < 1.29 is 8.42 Å². The van der Waals surface area contributed by atoms with Crippen LogP contribution in [0.25, 0.3) is 0 Å². The molecule has 0 heterocycles. The Kier molecular flexibility index (Phi) is 3.61. The van der Waals surface area contributed by atoms with Gasteiger partial charge in [-0.1, -0.05) is 37.6 Å². The maximum absolute atomic E-state index is 12.8. The molecule has 0 bridgehead atoms. The Balaban J connectivity index is 2.41. The molecule has 19 heavy (non-hydrogen) atoms. The van der Waals surface area contributed by atoms with Crippen molar-refractivity contribution in [3.8, 4) is 0 Å². The van der Waals surface area contributed by atoms with Crippen LogP contribution in [0.4, 0.5) is 0 Å². The number of hydrogen-bond acceptors (Lipinski definition) is 2. The molecule has 1 aliphatic rings. The Morgan fingerprint density at radius 3 is 2.26 bits per heavy atom. The highest BCUT2D eigenvalue weighted by Crippen LogP contribution is 2.48. The minimum atomic E-state index is -3.25. The van der Waals surface area contributed by atoms with E-state index in [9.17, 15) is 8.42 Å². The topological polar surface area (TPSA) is 34.1 Å². The van der Waals surface area contributed by atoms with Crippen molar-refractivity contribution in [1.29, 1.82) is 0 Å². The molecular formula is C16H22O2S. The third-order valence-electron chi connectivity index (χ3n) is 4.53. The van der Waals surface area contributed by atoms with Crippen LogP contribution >= 0.6 is 0 Å². The van der Waals surface area contributed by atoms with Crippen molar-refractivity contribution >= 4 is 9.84 Å². The van der Waals surface area contributed by atoms with E-state index in [-0.39, 0.29) is 16.6 Å². The molecule has 0 saturated heterocycles. The van der Waals surface area contributed by atoms with Crippen molar-refractivity contribution in [2.45, 2.75) is 43.8 Å². The molecule has 0 amide bonds. The lowest BCUT2D eigenvalue weighted by Gasteiger charge is -2.31. The average Bonchev–Trinajstić information content (AvgIpc) is 2.65. The Morgan fingerprint density at radius 1 is 1.21 bits per heavy atom. The fourth-order valence-electron chi connectivity index (χ4n) is 3.18. The van der Waals surface area contributed by atoms with Gasteiger partial charge in [-0.15, -0.1) is 6.58 Å². The van der Waals surface area contributed by atoms with Gasteiger partial charge in [-0.05, 0) is 43.2 Å². The van der Waals surface area contributed by atoms with Crippen molar-refractivity contribution in [3.63, 3.8) is 0 Å². The van der Waals surface area contributed by atoms with Gasteiger partial charge in [0.25, 0.3) is 0 Å². The van der Waals surface area contributed by atoms with Gasteiger partial charge in [-0.3, -0.25) is 0 Å². The predicted molar refractivity (Wildman–Crippen MR) is 78.9 cm³/mol. The molecule has 2 rings (SSSR count). The van der Waals surface area contributed by atoms with E-state index in [0.29, 0.717) is 4.90 Å². The second kappa shape index (κ2) is 4.78. The smallest absolute Gasteiger partial charge is 0.181 e. The summed E-state index contributed by atoms with van der Waals surface area (Å²) >= 11 is 0. The molecule has 2 unspecified atom stereocenters. The van der Waals surface area contributed by atoms with Gasteiger partial charge in [0.2, 0.25) is 0 Å². The van der Waals surface area contributed by atoms with Gasteiger partial charge in [0.15, 0.2) is 9.84 Å². The molecule has 3 heteroatoms.